The molecule has 1 saturated carbocycles. The quantitative estimate of drug-likeness (QED) is 0.603. The average molecular weight is 160 g/mol. The van der Waals surface area contributed by atoms with Crippen LogP contribution in [0.2, 0.25) is 0 Å². The van der Waals surface area contributed by atoms with Gasteiger partial charge in [0.1, 0.15) is 0 Å². The van der Waals surface area contributed by atoms with Crippen LogP contribution in [-0.4, -0.2) is 16.2 Å². The van der Waals surface area contributed by atoms with Gasteiger partial charge in [0, 0.05) is 22.8 Å². The molecule has 0 saturated heterocycles. The van der Waals surface area contributed by atoms with Gasteiger partial charge >= 0.3 is 0 Å². The zero-order chi connectivity index (χ0) is 7.61. The summed E-state index contributed by atoms with van der Waals surface area (Å²) in [6.07, 6.45) is 7.06. The molecule has 1 atom stereocenters. The van der Waals surface area contributed by atoms with Crippen molar-refractivity contribution in [2.45, 2.75) is 32.6 Å². The largest absolute Gasteiger partial charge is 0.260 e. The molecule has 0 aromatic heterocycles. The molecule has 1 unspecified atom stereocenters. The van der Waals surface area contributed by atoms with Crippen molar-refractivity contribution in [3.63, 3.8) is 0 Å². The first-order valence-electron chi connectivity index (χ1n) is 3.92. The summed E-state index contributed by atoms with van der Waals surface area (Å²) in [5.41, 5.74) is 0.416. The third-order valence-corrected chi connectivity index (χ3v) is 3.47. The van der Waals surface area contributed by atoms with Gasteiger partial charge in [0.15, 0.2) is 0 Å². The van der Waals surface area contributed by atoms with Crippen LogP contribution in [0, 0.1) is 5.41 Å². The van der Waals surface area contributed by atoms with E-state index in [-0.39, 0.29) is 0 Å². The van der Waals surface area contributed by atoms with Gasteiger partial charge in [-0.3, -0.25) is 4.21 Å². The Morgan fingerprint density at radius 3 is 2.30 bits per heavy atom. The second-order valence-electron chi connectivity index (χ2n) is 3.74. The molecule has 1 fully saturated rings. The van der Waals surface area contributed by atoms with Crippen LogP contribution in [0.15, 0.2) is 0 Å². The van der Waals surface area contributed by atoms with Crippen molar-refractivity contribution in [3.8, 4) is 0 Å². The molecular weight excluding hydrogens is 144 g/mol. The molecule has 1 rings (SSSR count). The van der Waals surface area contributed by atoms with Gasteiger partial charge in [-0.05, 0) is 18.3 Å². The van der Waals surface area contributed by atoms with Crippen molar-refractivity contribution in [1.82, 2.24) is 0 Å². The number of hydrogen-bond donors (Lipinski definition) is 0. The van der Waals surface area contributed by atoms with E-state index in [0.29, 0.717) is 5.41 Å². The van der Waals surface area contributed by atoms with E-state index in [4.69, 9.17) is 0 Å². The molecule has 2 heteroatoms. The summed E-state index contributed by atoms with van der Waals surface area (Å²) in [6.45, 7) is 2.27. The average Bonchev–Trinajstić information content (AvgIpc) is 2.12. The summed E-state index contributed by atoms with van der Waals surface area (Å²) < 4.78 is 10.9. The standard InChI is InChI=1S/C8H16OS/c1-8(7-10(2)9)5-3-4-6-8/h3-7H2,1-2H3. The summed E-state index contributed by atoms with van der Waals surface area (Å²) in [5, 5.41) is 0. The highest BCUT2D eigenvalue weighted by Crippen LogP contribution is 2.37. The van der Waals surface area contributed by atoms with Crippen LogP contribution in [-0.2, 0) is 10.8 Å². The van der Waals surface area contributed by atoms with Crippen LogP contribution in [0.5, 0.6) is 0 Å². The normalized spacial score (nSPS) is 26.6. The lowest BCUT2D eigenvalue weighted by molar-refractivity contribution is 0.388. The van der Waals surface area contributed by atoms with E-state index in [1.807, 2.05) is 6.26 Å². The molecule has 0 N–H and O–H groups in total. The van der Waals surface area contributed by atoms with Gasteiger partial charge in [-0.25, -0.2) is 0 Å². The van der Waals surface area contributed by atoms with Gasteiger partial charge in [-0.2, -0.15) is 0 Å². The summed E-state index contributed by atoms with van der Waals surface area (Å²) in [5.74, 6) is 0.910. The molecule has 1 aliphatic rings. The van der Waals surface area contributed by atoms with E-state index in [9.17, 15) is 4.21 Å². The van der Waals surface area contributed by atoms with Gasteiger partial charge in [-0.15, -0.1) is 0 Å². The lowest BCUT2D eigenvalue weighted by Crippen LogP contribution is -2.19. The molecule has 0 amide bonds. The minimum absolute atomic E-state index is 0.416. The van der Waals surface area contributed by atoms with E-state index in [2.05, 4.69) is 6.92 Å². The molecular formula is C8H16OS. The lowest BCUT2D eigenvalue weighted by Gasteiger charge is -2.21. The Morgan fingerprint density at radius 1 is 1.40 bits per heavy atom. The van der Waals surface area contributed by atoms with Crippen molar-refractivity contribution < 1.29 is 4.21 Å². The third kappa shape index (κ3) is 2.08. The molecule has 0 aromatic rings. The summed E-state index contributed by atoms with van der Waals surface area (Å²) in [4.78, 5) is 0. The molecule has 0 spiro atoms. The van der Waals surface area contributed by atoms with Crippen molar-refractivity contribution in [2.75, 3.05) is 12.0 Å². The first kappa shape index (κ1) is 8.25. The maximum Gasteiger partial charge on any atom is 0.0285 e. The van der Waals surface area contributed by atoms with E-state index in [1.165, 1.54) is 25.7 Å². The summed E-state index contributed by atoms with van der Waals surface area (Å²) in [6, 6.07) is 0. The Labute approximate surface area is 65.7 Å². The van der Waals surface area contributed by atoms with Crippen molar-refractivity contribution in [2.24, 2.45) is 5.41 Å². The lowest BCUT2D eigenvalue weighted by atomic mass is 9.92. The second kappa shape index (κ2) is 3.04. The molecule has 60 valence electrons. The highest BCUT2D eigenvalue weighted by Gasteiger charge is 2.29. The predicted octanol–water partition coefficient (Wildman–Crippen LogP) is 1.95. The molecule has 0 heterocycles. The smallest absolute Gasteiger partial charge is 0.0285 e. The fourth-order valence-electron chi connectivity index (χ4n) is 1.86. The predicted molar refractivity (Wildman–Crippen MR) is 45.5 cm³/mol. The van der Waals surface area contributed by atoms with E-state index in [1.54, 1.807) is 0 Å². The first-order chi connectivity index (χ1) is 4.62. The van der Waals surface area contributed by atoms with E-state index < -0.39 is 10.8 Å². The molecule has 0 aliphatic heterocycles. The Morgan fingerprint density at radius 2 is 1.90 bits per heavy atom. The van der Waals surface area contributed by atoms with Crippen LogP contribution in [0.3, 0.4) is 0 Å². The zero-order valence-corrected chi connectivity index (χ0v) is 7.67. The second-order valence-corrected chi connectivity index (χ2v) is 5.17. The monoisotopic (exact) mass is 160 g/mol. The first-order valence-corrected chi connectivity index (χ1v) is 5.65. The molecule has 10 heavy (non-hydrogen) atoms. The fourth-order valence-corrected chi connectivity index (χ4v) is 3.13. The van der Waals surface area contributed by atoms with Gasteiger partial charge < -0.3 is 0 Å². The van der Waals surface area contributed by atoms with E-state index >= 15 is 0 Å². The fraction of sp³-hybridized carbons (Fsp3) is 1.00. The van der Waals surface area contributed by atoms with Crippen LogP contribution < -0.4 is 0 Å². The molecule has 0 bridgehead atoms. The Balaban J connectivity index is 2.43. The van der Waals surface area contributed by atoms with Crippen LogP contribution in [0.1, 0.15) is 32.6 Å². The Kier molecular flexibility index (Phi) is 2.50. The van der Waals surface area contributed by atoms with Gasteiger partial charge in [-0.1, -0.05) is 19.8 Å². The van der Waals surface area contributed by atoms with Crippen molar-refractivity contribution >= 4 is 10.8 Å². The number of rotatable bonds is 2. The SMILES string of the molecule is CS(=O)CC1(C)CCCC1. The van der Waals surface area contributed by atoms with Crippen LogP contribution >= 0.6 is 0 Å². The summed E-state index contributed by atoms with van der Waals surface area (Å²) in [7, 11) is -0.595. The maximum atomic E-state index is 10.9. The van der Waals surface area contributed by atoms with Gasteiger partial charge in [0.25, 0.3) is 0 Å². The van der Waals surface area contributed by atoms with E-state index in [0.717, 1.165) is 5.75 Å². The van der Waals surface area contributed by atoms with Gasteiger partial charge in [0.2, 0.25) is 0 Å². The van der Waals surface area contributed by atoms with Crippen molar-refractivity contribution in [1.29, 1.82) is 0 Å². The van der Waals surface area contributed by atoms with Crippen LogP contribution in [0.4, 0.5) is 0 Å². The Hall–Kier alpha value is 0.150. The Bertz CT molecular complexity index is 136. The minimum Gasteiger partial charge on any atom is -0.260 e. The van der Waals surface area contributed by atoms with Crippen LogP contribution in [0.25, 0.3) is 0 Å². The van der Waals surface area contributed by atoms with Gasteiger partial charge in [0.05, 0.1) is 0 Å². The highest BCUT2D eigenvalue weighted by molar-refractivity contribution is 7.84. The zero-order valence-electron chi connectivity index (χ0n) is 6.85. The minimum atomic E-state index is -0.595. The molecule has 0 aromatic carbocycles. The molecule has 0 radical (unpaired) electrons. The molecule has 1 nitrogen and oxygen atoms in total. The number of hydrogen-bond acceptors (Lipinski definition) is 1. The third-order valence-electron chi connectivity index (χ3n) is 2.36. The highest BCUT2D eigenvalue weighted by atomic mass is 32.2. The molecule has 1 aliphatic carbocycles. The maximum absolute atomic E-state index is 10.9. The van der Waals surface area contributed by atoms with Crippen molar-refractivity contribution in [3.05, 3.63) is 0 Å². The topological polar surface area (TPSA) is 17.1 Å². The summed E-state index contributed by atoms with van der Waals surface area (Å²) >= 11 is 0.